The minimum absolute atomic E-state index is 0.0437. The number of fused-ring (bicyclic) bond motifs is 3. The van der Waals surface area contributed by atoms with Gasteiger partial charge in [-0.25, -0.2) is 0 Å². The van der Waals surface area contributed by atoms with Crippen molar-refractivity contribution in [2.24, 2.45) is 28.6 Å². The molecule has 2 saturated carbocycles. The molecule has 0 saturated heterocycles. The van der Waals surface area contributed by atoms with Gasteiger partial charge in [-0.3, -0.25) is 14.4 Å². The molecule has 2 unspecified atom stereocenters. The Morgan fingerprint density at radius 2 is 2.07 bits per heavy atom. The highest BCUT2D eigenvalue weighted by Crippen LogP contribution is 2.63. The second kappa shape index (κ2) is 6.30. The third-order valence-electron chi connectivity index (χ3n) is 7.10. The molecule has 0 spiro atoms. The van der Waals surface area contributed by atoms with Crippen molar-refractivity contribution in [3.05, 3.63) is 30.2 Å². The molecule has 1 N–H and O–H groups in total. The smallest absolute Gasteiger partial charge is 0.315 e. The van der Waals surface area contributed by atoms with Crippen LogP contribution in [0.2, 0.25) is 0 Å². The summed E-state index contributed by atoms with van der Waals surface area (Å²) in [7, 11) is 1.31. The number of esters is 2. The van der Waals surface area contributed by atoms with Gasteiger partial charge in [-0.05, 0) is 36.8 Å². The fourth-order valence-electron chi connectivity index (χ4n) is 5.73. The van der Waals surface area contributed by atoms with E-state index in [9.17, 15) is 19.5 Å². The molecule has 7 nitrogen and oxygen atoms in total. The van der Waals surface area contributed by atoms with Crippen molar-refractivity contribution in [3.63, 3.8) is 0 Å². The van der Waals surface area contributed by atoms with E-state index < -0.39 is 46.6 Å². The van der Waals surface area contributed by atoms with Crippen LogP contribution < -0.4 is 0 Å². The van der Waals surface area contributed by atoms with Crippen molar-refractivity contribution in [1.82, 2.24) is 0 Å². The molecule has 3 aliphatic rings. The average Bonchev–Trinajstić information content (AvgIpc) is 3.18. The molecule has 6 atom stereocenters. The number of allylic oxidation sites excluding steroid dienone is 1. The molecule has 0 aromatic carbocycles. The van der Waals surface area contributed by atoms with Crippen molar-refractivity contribution < 1.29 is 33.4 Å². The van der Waals surface area contributed by atoms with E-state index in [1.807, 2.05) is 13.8 Å². The van der Waals surface area contributed by atoms with Gasteiger partial charge in [-0.1, -0.05) is 13.8 Å². The highest BCUT2D eigenvalue weighted by atomic mass is 16.5. The summed E-state index contributed by atoms with van der Waals surface area (Å²) in [6, 6.07) is 1.68. The molecule has 0 bridgehead atoms. The lowest BCUT2D eigenvalue weighted by molar-refractivity contribution is -0.183. The second-order valence-electron chi connectivity index (χ2n) is 8.57. The second-order valence-corrected chi connectivity index (χ2v) is 8.57. The summed E-state index contributed by atoms with van der Waals surface area (Å²) in [5.74, 6) is -2.66. The maximum atomic E-state index is 13.2. The number of aliphatic hydroxyl groups is 1. The molecule has 0 amide bonds. The van der Waals surface area contributed by atoms with Gasteiger partial charge in [0.25, 0.3) is 0 Å². The van der Waals surface area contributed by atoms with Crippen LogP contribution >= 0.6 is 0 Å². The van der Waals surface area contributed by atoms with Gasteiger partial charge in [0.05, 0.1) is 30.8 Å². The SMILES string of the molecule is COC(=O)[C@@H]1CC(O)C(=O)[C@H]2[C@@]1(C)CCC1C(=O)OC(c3ccoc3)=C[C@@]12C. The van der Waals surface area contributed by atoms with Gasteiger partial charge in [0.2, 0.25) is 0 Å². The number of rotatable bonds is 2. The first-order valence-electron chi connectivity index (χ1n) is 9.49. The predicted octanol–water partition coefficient (Wildman–Crippen LogP) is 2.34. The Hall–Kier alpha value is -2.41. The quantitative estimate of drug-likeness (QED) is 0.776. The molecule has 2 fully saturated rings. The van der Waals surface area contributed by atoms with Gasteiger partial charge >= 0.3 is 11.9 Å². The minimum atomic E-state index is -1.26. The Bertz CT molecular complexity index is 854. The van der Waals surface area contributed by atoms with Crippen molar-refractivity contribution in [3.8, 4) is 0 Å². The summed E-state index contributed by atoms with van der Waals surface area (Å²) in [4.78, 5) is 38.5. The largest absolute Gasteiger partial charge is 0.472 e. The Labute approximate surface area is 162 Å². The van der Waals surface area contributed by atoms with E-state index in [1.54, 1.807) is 12.1 Å². The van der Waals surface area contributed by atoms with E-state index in [0.29, 0.717) is 24.2 Å². The van der Waals surface area contributed by atoms with E-state index in [1.165, 1.54) is 19.6 Å². The van der Waals surface area contributed by atoms with E-state index in [2.05, 4.69) is 0 Å². The van der Waals surface area contributed by atoms with Crippen LogP contribution in [0, 0.1) is 28.6 Å². The van der Waals surface area contributed by atoms with Gasteiger partial charge in [0.1, 0.15) is 18.1 Å². The Balaban J connectivity index is 1.86. The molecule has 4 rings (SSSR count). The number of Topliss-reactive ketones (excluding diaryl/α,β-unsaturated/α-hetero) is 1. The zero-order valence-electron chi connectivity index (χ0n) is 16.1. The van der Waals surface area contributed by atoms with Crippen LogP contribution in [-0.4, -0.2) is 36.0 Å². The van der Waals surface area contributed by atoms with E-state index in [-0.39, 0.29) is 12.2 Å². The van der Waals surface area contributed by atoms with Gasteiger partial charge in [-0.15, -0.1) is 0 Å². The van der Waals surface area contributed by atoms with Crippen LogP contribution in [0.1, 0.15) is 38.7 Å². The maximum Gasteiger partial charge on any atom is 0.315 e. The van der Waals surface area contributed by atoms with E-state index >= 15 is 0 Å². The zero-order chi connectivity index (χ0) is 20.3. The van der Waals surface area contributed by atoms with Crippen LogP contribution in [-0.2, 0) is 23.9 Å². The number of hydrogen-bond acceptors (Lipinski definition) is 7. The summed E-state index contributed by atoms with van der Waals surface area (Å²) in [6.07, 6.45) is 4.53. The molecule has 1 aromatic rings. The average molecular weight is 388 g/mol. The van der Waals surface area contributed by atoms with Crippen molar-refractivity contribution >= 4 is 23.5 Å². The fraction of sp³-hybridized carbons (Fsp3) is 0.571. The zero-order valence-corrected chi connectivity index (χ0v) is 16.1. The van der Waals surface area contributed by atoms with Crippen LogP contribution in [0.4, 0.5) is 0 Å². The van der Waals surface area contributed by atoms with Gasteiger partial charge in [-0.2, -0.15) is 0 Å². The Morgan fingerprint density at radius 3 is 2.71 bits per heavy atom. The lowest BCUT2D eigenvalue weighted by Gasteiger charge is -2.58. The normalized spacial score (nSPS) is 40.1. The number of ether oxygens (including phenoxy) is 2. The van der Waals surface area contributed by atoms with Crippen LogP contribution in [0.15, 0.2) is 29.1 Å². The molecular weight excluding hydrogens is 364 g/mol. The minimum Gasteiger partial charge on any atom is -0.472 e. The third-order valence-corrected chi connectivity index (χ3v) is 7.10. The standard InChI is InChI=1S/C21H24O7/c1-20-6-4-12-19(25)28-15(11-5-7-27-10-11)9-21(12,2)17(20)16(23)14(22)8-13(20)18(24)26-3/h5,7,9-10,12-14,17,22H,4,6,8H2,1-3H3/t12?,13-,14?,17-,20-,21-/m0/s1. The van der Waals surface area contributed by atoms with E-state index in [0.717, 1.165) is 0 Å². The number of furan rings is 1. The molecule has 0 radical (unpaired) electrons. The topological polar surface area (TPSA) is 103 Å². The summed E-state index contributed by atoms with van der Waals surface area (Å²) >= 11 is 0. The van der Waals surface area contributed by atoms with Crippen LogP contribution in [0.3, 0.4) is 0 Å². The van der Waals surface area contributed by atoms with Gasteiger partial charge in [0.15, 0.2) is 5.78 Å². The first-order chi connectivity index (χ1) is 13.2. The summed E-state index contributed by atoms with van der Waals surface area (Å²) in [5, 5.41) is 10.5. The van der Waals surface area contributed by atoms with Gasteiger partial charge in [0, 0.05) is 11.3 Å². The predicted molar refractivity (Wildman–Crippen MR) is 96.3 cm³/mol. The molecule has 2 aliphatic carbocycles. The molecule has 150 valence electrons. The highest BCUT2D eigenvalue weighted by molar-refractivity contribution is 5.93. The monoisotopic (exact) mass is 388 g/mol. The number of methoxy groups -OCH3 is 1. The number of carbonyl (C=O) groups excluding carboxylic acids is 3. The number of aliphatic hydroxyl groups excluding tert-OH is 1. The number of carbonyl (C=O) groups is 3. The Morgan fingerprint density at radius 1 is 1.32 bits per heavy atom. The van der Waals surface area contributed by atoms with Crippen LogP contribution in [0.5, 0.6) is 0 Å². The summed E-state index contributed by atoms with van der Waals surface area (Å²) in [5.41, 5.74) is -1.00. The summed E-state index contributed by atoms with van der Waals surface area (Å²) < 4.78 is 15.6. The Kier molecular flexibility index (Phi) is 4.26. The molecule has 1 aliphatic heterocycles. The highest BCUT2D eigenvalue weighted by Gasteiger charge is 2.66. The van der Waals surface area contributed by atoms with Crippen molar-refractivity contribution in [2.45, 2.75) is 39.2 Å². The van der Waals surface area contributed by atoms with E-state index in [4.69, 9.17) is 13.9 Å². The third kappa shape index (κ3) is 2.49. The molecule has 2 heterocycles. The lowest BCUT2D eigenvalue weighted by atomic mass is 9.44. The first kappa shape index (κ1) is 18.9. The maximum absolute atomic E-state index is 13.2. The molecular formula is C21H24O7. The molecule has 28 heavy (non-hydrogen) atoms. The first-order valence-corrected chi connectivity index (χ1v) is 9.49. The van der Waals surface area contributed by atoms with Crippen molar-refractivity contribution in [1.29, 1.82) is 0 Å². The molecule has 1 aromatic heterocycles. The van der Waals surface area contributed by atoms with Gasteiger partial charge < -0.3 is 19.0 Å². The molecule has 7 heteroatoms. The van der Waals surface area contributed by atoms with Crippen molar-refractivity contribution in [2.75, 3.05) is 7.11 Å². The number of ketones is 1. The number of hydrogen-bond donors (Lipinski definition) is 1. The summed E-state index contributed by atoms with van der Waals surface area (Å²) in [6.45, 7) is 3.75. The van der Waals surface area contributed by atoms with Crippen LogP contribution in [0.25, 0.3) is 5.76 Å². The fourth-order valence-corrected chi connectivity index (χ4v) is 5.73. The lowest BCUT2D eigenvalue weighted by Crippen LogP contribution is -2.63. The number of cyclic esters (lactones) is 1.